The minimum Gasteiger partial charge on any atom is -0.497 e. The molecule has 17 heavy (non-hydrogen) atoms. The fourth-order valence-corrected chi connectivity index (χ4v) is 2.17. The topological polar surface area (TPSA) is 75.6 Å². The van der Waals surface area contributed by atoms with Crippen LogP contribution in [0.4, 0.5) is 0 Å². The Labute approximate surface area is 101 Å². The van der Waals surface area contributed by atoms with Gasteiger partial charge in [0.05, 0.1) is 19.5 Å². The quantitative estimate of drug-likeness (QED) is 0.731. The van der Waals surface area contributed by atoms with Gasteiger partial charge in [0, 0.05) is 6.54 Å². The van der Waals surface area contributed by atoms with Gasteiger partial charge in [-0.25, -0.2) is 13.1 Å². The van der Waals surface area contributed by atoms with Crippen molar-refractivity contribution in [3.63, 3.8) is 0 Å². The van der Waals surface area contributed by atoms with Crippen molar-refractivity contribution in [2.45, 2.75) is 6.42 Å². The molecule has 0 saturated heterocycles. The van der Waals surface area contributed by atoms with Crippen molar-refractivity contribution in [1.29, 1.82) is 0 Å². The first-order valence-corrected chi connectivity index (χ1v) is 6.94. The summed E-state index contributed by atoms with van der Waals surface area (Å²) in [5.41, 5.74) is 0.996. The molecule has 1 rings (SSSR count). The molecule has 0 aliphatic carbocycles. The van der Waals surface area contributed by atoms with Gasteiger partial charge in [0.25, 0.3) is 0 Å². The highest BCUT2D eigenvalue weighted by atomic mass is 32.2. The maximum absolute atomic E-state index is 11.2. The van der Waals surface area contributed by atoms with E-state index in [9.17, 15) is 8.42 Å². The van der Waals surface area contributed by atoms with Crippen molar-refractivity contribution in [3.8, 4) is 5.75 Å². The van der Waals surface area contributed by atoms with Gasteiger partial charge in [-0.15, -0.1) is 0 Å². The van der Waals surface area contributed by atoms with Crippen LogP contribution in [0.1, 0.15) is 5.56 Å². The Morgan fingerprint density at radius 3 is 2.82 bits per heavy atom. The number of ether oxygens (including phenoxy) is 1. The van der Waals surface area contributed by atoms with Crippen LogP contribution in [0, 0.1) is 0 Å². The molecule has 0 fully saturated rings. The molecule has 96 valence electrons. The van der Waals surface area contributed by atoms with Crippen LogP contribution >= 0.6 is 0 Å². The van der Waals surface area contributed by atoms with Crippen LogP contribution in [-0.2, 0) is 16.4 Å². The lowest BCUT2D eigenvalue weighted by Crippen LogP contribution is -2.29. The highest BCUT2D eigenvalue weighted by Crippen LogP contribution is 2.12. The summed E-state index contributed by atoms with van der Waals surface area (Å²) in [4.78, 5) is 0. The molecule has 0 amide bonds. The molecule has 0 aliphatic rings. The number of hydrogen-bond acceptors (Lipinski definition) is 4. The molecular formula is C11H17NO4S. The molecule has 5 nitrogen and oxygen atoms in total. The zero-order valence-corrected chi connectivity index (χ0v) is 10.5. The van der Waals surface area contributed by atoms with E-state index in [0.717, 1.165) is 11.3 Å². The summed E-state index contributed by atoms with van der Waals surface area (Å²) >= 11 is 0. The Morgan fingerprint density at radius 1 is 1.41 bits per heavy atom. The molecular weight excluding hydrogens is 242 g/mol. The summed E-state index contributed by atoms with van der Waals surface area (Å²) in [6.07, 6.45) is 0.585. The predicted octanol–water partition coefficient (Wildman–Crippen LogP) is 0.149. The summed E-state index contributed by atoms with van der Waals surface area (Å²) in [6, 6.07) is 7.46. The highest BCUT2D eigenvalue weighted by molar-refractivity contribution is 7.89. The van der Waals surface area contributed by atoms with E-state index >= 15 is 0 Å². The third-order valence-electron chi connectivity index (χ3n) is 2.23. The van der Waals surface area contributed by atoms with Gasteiger partial charge < -0.3 is 9.84 Å². The Hall–Kier alpha value is -1.11. The monoisotopic (exact) mass is 259 g/mol. The van der Waals surface area contributed by atoms with Crippen molar-refractivity contribution in [2.75, 3.05) is 26.0 Å². The van der Waals surface area contributed by atoms with E-state index in [1.165, 1.54) is 0 Å². The molecule has 0 unspecified atom stereocenters. The largest absolute Gasteiger partial charge is 0.497 e. The SMILES string of the molecule is COc1cccc(CCNS(=O)(=O)CCO)c1. The van der Waals surface area contributed by atoms with Crippen LogP contribution in [0.25, 0.3) is 0 Å². The minimum absolute atomic E-state index is 0.259. The normalized spacial score (nSPS) is 11.4. The maximum atomic E-state index is 11.2. The van der Waals surface area contributed by atoms with E-state index in [-0.39, 0.29) is 12.4 Å². The Kier molecular flexibility index (Phi) is 5.40. The molecule has 0 bridgehead atoms. The number of sulfonamides is 1. The Bertz CT molecular complexity index is 445. The van der Waals surface area contributed by atoms with E-state index in [1.807, 2.05) is 24.3 Å². The van der Waals surface area contributed by atoms with Crippen molar-refractivity contribution in [1.82, 2.24) is 4.72 Å². The van der Waals surface area contributed by atoms with Gasteiger partial charge in [-0.05, 0) is 24.1 Å². The molecule has 2 N–H and O–H groups in total. The van der Waals surface area contributed by atoms with Gasteiger partial charge in [0.2, 0.25) is 10.0 Å². The van der Waals surface area contributed by atoms with Crippen molar-refractivity contribution in [3.05, 3.63) is 29.8 Å². The molecule has 0 heterocycles. The molecule has 1 aromatic carbocycles. The van der Waals surface area contributed by atoms with Crippen molar-refractivity contribution < 1.29 is 18.3 Å². The third-order valence-corrected chi connectivity index (χ3v) is 3.59. The number of rotatable bonds is 7. The van der Waals surface area contributed by atoms with E-state index in [2.05, 4.69) is 4.72 Å². The van der Waals surface area contributed by atoms with Gasteiger partial charge in [0.1, 0.15) is 5.75 Å². The van der Waals surface area contributed by atoms with Crippen LogP contribution < -0.4 is 9.46 Å². The summed E-state index contributed by atoms with van der Waals surface area (Å²) in [7, 11) is -1.76. The zero-order valence-electron chi connectivity index (χ0n) is 9.72. The summed E-state index contributed by atoms with van der Waals surface area (Å²) in [6.45, 7) is -0.0516. The summed E-state index contributed by atoms with van der Waals surface area (Å²) < 4.78 is 30.0. The standard InChI is InChI=1S/C11H17NO4S/c1-16-11-4-2-3-10(9-11)5-6-12-17(14,15)8-7-13/h2-4,9,12-13H,5-8H2,1H3. The fraction of sp³-hybridized carbons (Fsp3) is 0.455. The molecule has 0 aromatic heterocycles. The van der Waals surface area contributed by atoms with E-state index < -0.39 is 10.0 Å². The number of benzene rings is 1. The molecule has 0 saturated carbocycles. The van der Waals surface area contributed by atoms with E-state index in [1.54, 1.807) is 7.11 Å². The number of hydrogen-bond donors (Lipinski definition) is 2. The van der Waals surface area contributed by atoms with Crippen molar-refractivity contribution in [2.24, 2.45) is 0 Å². The second kappa shape index (κ2) is 6.58. The highest BCUT2D eigenvalue weighted by Gasteiger charge is 2.07. The number of aliphatic hydroxyl groups excluding tert-OH is 1. The van der Waals surface area contributed by atoms with Crippen LogP contribution in [0.5, 0.6) is 5.75 Å². The second-order valence-electron chi connectivity index (χ2n) is 3.54. The fourth-order valence-electron chi connectivity index (χ4n) is 1.37. The van der Waals surface area contributed by atoms with E-state index in [4.69, 9.17) is 9.84 Å². The molecule has 0 aliphatic heterocycles. The molecule has 0 spiro atoms. The second-order valence-corrected chi connectivity index (χ2v) is 5.46. The number of methoxy groups -OCH3 is 1. The third kappa shape index (κ3) is 5.16. The summed E-state index contributed by atoms with van der Waals surface area (Å²) in [5, 5.41) is 8.55. The molecule has 0 radical (unpaired) electrons. The molecule has 0 atom stereocenters. The Morgan fingerprint density at radius 2 is 2.18 bits per heavy atom. The Balaban J connectivity index is 2.45. The van der Waals surface area contributed by atoms with Crippen LogP contribution in [0.3, 0.4) is 0 Å². The van der Waals surface area contributed by atoms with Gasteiger partial charge in [0.15, 0.2) is 0 Å². The lowest BCUT2D eigenvalue weighted by atomic mass is 10.1. The first kappa shape index (κ1) is 14.0. The van der Waals surface area contributed by atoms with Gasteiger partial charge >= 0.3 is 0 Å². The van der Waals surface area contributed by atoms with Gasteiger partial charge in [-0.2, -0.15) is 0 Å². The maximum Gasteiger partial charge on any atom is 0.213 e. The van der Waals surface area contributed by atoms with Crippen LogP contribution in [-0.4, -0.2) is 39.5 Å². The van der Waals surface area contributed by atoms with Gasteiger partial charge in [-0.3, -0.25) is 0 Å². The van der Waals surface area contributed by atoms with Crippen LogP contribution in [0.2, 0.25) is 0 Å². The first-order valence-electron chi connectivity index (χ1n) is 5.28. The molecule has 6 heteroatoms. The minimum atomic E-state index is -3.35. The van der Waals surface area contributed by atoms with Crippen molar-refractivity contribution >= 4 is 10.0 Å². The summed E-state index contributed by atoms with van der Waals surface area (Å²) in [5.74, 6) is 0.492. The van der Waals surface area contributed by atoms with Crippen LogP contribution in [0.15, 0.2) is 24.3 Å². The number of nitrogens with one attached hydrogen (secondary N) is 1. The number of aliphatic hydroxyl groups is 1. The predicted molar refractivity (Wildman–Crippen MR) is 65.6 cm³/mol. The zero-order chi connectivity index (χ0) is 12.7. The van der Waals surface area contributed by atoms with E-state index in [0.29, 0.717) is 13.0 Å². The average molecular weight is 259 g/mol. The smallest absolute Gasteiger partial charge is 0.213 e. The van der Waals surface area contributed by atoms with Gasteiger partial charge in [-0.1, -0.05) is 12.1 Å². The average Bonchev–Trinajstić information content (AvgIpc) is 2.29. The lowest BCUT2D eigenvalue weighted by molar-refractivity contribution is 0.319. The lowest BCUT2D eigenvalue weighted by Gasteiger charge is -2.06. The first-order chi connectivity index (χ1) is 8.07. The molecule has 1 aromatic rings.